The SMILES string of the molecule is O=C(CN1C(=O)COc2cc(S(=O)(=O)N3CCCC3)ccc21)NCc1cccnc1. The van der Waals surface area contributed by atoms with Crippen LogP contribution >= 0.6 is 0 Å². The Hall–Kier alpha value is -2.98. The van der Waals surface area contributed by atoms with Gasteiger partial charge in [0.25, 0.3) is 5.91 Å². The van der Waals surface area contributed by atoms with Crippen LogP contribution in [0, 0.1) is 0 Å². The molecule has 4 rings (SSSR count). The zero-order chi connectivity index (χ0) is 21.1. The lowest BCUT2D eigenvalue weighted by Crippen LogP contribution is -2.45. The van der Waals surface area contributed by atoms with Crippen molar-refractivity contribution in [2.75, 3.05) is 31.1 Å². The first kappa shape index (κ1) is 20.3. The quantitative estimate of drug-likeness (QED) is 0.730. The van der Waals surface area contributed by atoms with Crippen LogP contribution in [-0.4, -0.2) is 55.8 Å². The van der Waals surface area contributed by atoms with Gasteiger partial charge in [0.05, 0.1) is 10.6 Å². The highest BCUT2D eigenvalue weighted by Crippen LogP contribution is 2.35. The number of hydrogen-bond donors (Lipinski definition) is 1. The molecule has 0 spiro atoms. The van der Waals surface area contributed by atoms with Crippen LogP contribution in [0.1, 0.15) is 18.4 Å². The number of nitrogens with one attached hydrogen (secondary N) is 1. The van der Waals surface area contributed by atoms with Gasteiger partial charge in [-0.3, -0.25) is 19.5 Å². The molecule has 0 bridgehead atoms. The normalized spacial score (nSPS) is 16.8. The molecular formula is C20H22N4O5S. The molecule has 3 heterocycles. The molecule has 2 aliphatic rings. The highest BCUT2D eigenvalue weighted by molar-refractivity contribution is 7.89. The lowest BCUT2D eigenvalue weighted by molar-refractivity contribution is -0.125. The number of nitrogens with zero attached hydrogens (tertiary/aromatic N) is 3. The number of ether oxygens (including phenoxy) is 1. The van der Waals surface area contributed by atoms with Crippen molar-refractivity contribution in [3.63, 3.8) is 0 Å². The minimum absolute atomic E-state index is 0.124. The predicted octanol–water partition coefficient (Wildman–Crippen LogP) is 0.908. The molecule has 0 aliphatic carbocycles. The van der Waals surface area contributed by atoms with Crippen molar-refractivity contribution in [3.05, 3.63) is 48.3 Å². The predicted molar refractivity (Wildman–Crippen MR) is 108 cm³/mol. The van der Waals surface area contributed by atoms with E-state index in [9.17, 15) is 18.0 Å². The number of hydrogen-bond acceptors (Lipinski definition) is 6. The van der Waals surface area contributed by atoms with E-state index >= 15 is 0 Å². The van der Waals surface area contributed by atoms with E-state index in [2.05, 4.69) is 10.3 Å². The summed E-state index contributed by atoms with van der Waals surface area (Å²) in [4.78, 5) is 30.1. The van der Waals surface area contributed by atoms with Gasteiger partial charge in [-0.1, -0.05) is 6.07 Å². The highest BCUT2D eigenvalue weighted by atomic mass is 32.2. The molecule has 1 aromatic carbocycles. The number of carbonyl (C=O) groups is 2. The number of anilines is 1. The van der Waals surface area contributed by atoms with Gasteiger partial charge in [-0.05, 0) is 36.6 Å². The van der Waals surface area contributed by atoms with Gasteiger partial charge in [-0.25, -0.2) is 8.42 Å². The number of sulfonamides is 1. The number of aromatic nitrogens is 1. The molecule has 0 radical (unpaired) electrons. The first-order valence-electron chi connectivity index (χ1n) is 9.68. The molecule has 158 valence electrons. The Morgan fingerprint density at radius 2 is 2.00 bits per heavy atom. The fraction of sp³-hybridized carbons (Fsp3) is 0.350. The molecule has 1 saturated heterocycles. The molecule has 0 unspecified atom stereocenters. The number of carbonyl (C=O) groups excluding carboxylic acids is 2. The largest absolute Gasteiger partial charge is 0.482 e. The van der Waals surface area contributed by atoms with E-state index in [0.717, 1.165) is 18.4 Å². The summed E-state index contributed by atoms with van der Waals surface area (Å²) in [5.74, 6) is -0.432. The summed E-state index contributed by atoms with van der Waals surface area (Å²) in [6, 6.07) is 8.01. The van der Waals surface area contributed by atoms with Crippen molar-refractivity contribution in [3.8, 4) is 5.75 Å². The maximum atomic E-state index is 12.8. The van der Waals surface area contributed by atoms with Crippen LogP contribution in [0.25, 0.3) is 0 Å². The number of rotatable bonds is 6. The second-order valence-corrected chi connectivity index (χ2v) is 9.09. The van der Waals surface area contributed by atoms with Gasteiger partial charge >= 0.3 is 0 Å². The summed E-state index contributed by atoms with van der Waals surface area (Å²) < 4.78 is 32.5. The zero-order valence-corrected chi connectivity index (χ0v) is 17.1. The van der Waals surface area contributed by atoms with E-state index in [-0.39, 0.29) is 35.6 Å². The van der Waals surface area contributed by atoms with Crippen LogP contribution < -0.4 is 15.0 Å². The third-order valence-electron chi connectivity index (χ3n) is 5.09. The Labute approximate surface area is 174 Å². The van der Waals surface area contributed by atoms with E-state index in [1.165, 1.54) is 27.4 Å². The van der Waals surface area contributed by atoms with Gasteiger partial charge in [0, 0.05) is 38.1 Å². The summed E-state index contributed by atoms with van der Waals surface area (Å²) in [6.07, 6.45) is 4.98. The molecule has 0 saturated carbocycles. The van der Waals surface area contributed by atoms with Crippen molar-refractivity contribution in [1.29, 1.82) is 0 Å². The van der Waals surface area contributed by atoms with Crippen LogP contribution in [0.2, 0.25) is 0 Å². The average molecular weight is 430 g/mol. The van der Waals surface area contributed by atoms with Gasteiger partial charge in [0.1, 0.15) is 12.3 Å². The third kappa shape index (κ3) is 4.14. The number of benzene rings is 1. The molecule has 2 aromatic rings. The Bertz CT molecular complexity index is 1050. The molecular weight excluding hydrogens is 408 g/mol. The van der Waals surface area contributed by atoms with E-state index in [4.69, 9.17) is 4.74 Å². The Kier molecular flexibility index (Phi) is 5.69. The van der Waals surface area contributed by atoms with Crippen molar-refractivity contribution in [2.24, 2.45) is 0 Å². The summed E-state index contributed by atoms with van der Waals surface area (Å²) in [6.45, 7) is 0.860. The molecule has 30 heavy (non-hydrogen) atoms. The summed E-state index contributed by atoms with van der Waals surface area (Å²) in [5, 5.41) is 2.75. The Morgan fingerprint density at radius 1 is 1.20 bits per heavy atom. The Morgan fingerprint density at radius 3 is 2.73 bits per heavy atom. The van der Waals surface area contributed by atoms with Crippen molar-refractivity contribution in [1.82, 2.24) is 14.6 Å². The maximum Gasteiger partial charge on any atom is 0.265 e. The summed E-state index contributed by atoms with van der Waals surface area (Å²) in [7, 11) is -3.60. The van der Waals surface area contributed by atoms with Crippen LogP contribution in [-0.2, 0) is 26.2 Å². The monoisotopic (exact) mass is 430 g/mol. The second-order valence-electron chi connectivity index (χ2n) is 7.15. The first-order valence-corrected chi connectivity index (χ1v) is 11.1. The first-order chi connectivity index (χ1) is 14.4. The minimum atomic E-state index is -3.60. The fourth-order valence-electron chi connectivity index (χ4n) is 3.50. The zero-order valence-electron chi connectivity index (χ0n) is 16.3. The van der Waals surface area contributed by atoms with Crippen molar-refractivity contribution < 1.29 is 22.7 Å². The van der Waals surface area contributed by atoms with E-state index in [1.54, 1.807) is 18.5 Å². The number of fused-ring (bicyclic) bond motifs is 1. The van der Waals surface area contributed by atoms with Gasteiger partial charge in [-0.15, -0.1) is 0 Å². The lowest BCUT2D eigenvalue weighted by Gasteiger charge is -2.29. The Balaban J connectivity index is 1.49. The molecule has 0 atom stereocenters. The number of pyridine rings is 1. The van der Waals surface area contributed by atoms with Crippen LogP contribution in [0.15, 0.2) is 47.6 Å². The molecule has 1 fully saturated rings. The fourth-order valence-corrected chi connectivity index (χ4v) is 5.03. The van der Waals surface area contributed by atoms with Crippen LogP contribution in [0.4, 0.5) is 5.69 Å². The van der Waals surface area contributed by atoms with Gasteiger partial charge in [0.2, 0.25) is 15.9 Å². The van der Waals surface area contributed by atoms with Crippen molar-refractivity contribution in [2.45, 2.75) is 24.3 Å². The maximum absolute atomic E-state index is 12.8. The highest BCUT2D eigenvalue weighted by Gasteiger charge is 2.31. The molecule has 1 aromatic heterocycles. The molecule has 9 nitrogen and oxygen atoms in total. The van der Waals surface area contributed by atoms with E-state index < -0.39 is 10.0 Å². The summed E-state index contributed by atoms with van der Waals surface area (Å²) >= 11 is 0. The second kappa shape index (κ2) is 8.41. The summed E-state index contributed by atoms with van der Waals surface area (Å²) in [5.41, 5.74) is 1.22. The van der Waals surface area contributed by atoms with Gasteiger partial charge in [-0.2, -0.15) is 4.31 Å². The smallest absolute Gasteiger partial charge is 0.265 e. The van der Waals surface area contributed by atoms with E-state index in [0.29, 0.717) is 25.3 Å². The lowest BCUT2D eigenvalue weighted by atomic mass is 10.2. The topological polar surface area (TPSA) is 109 Å². The van der Waals surface area contributed by atoms with Gasteiger partial charge in [0.15, 0.2) is 6.61 Å². The molecule has 2 aliphatic heterocycles. The molecule has 10 heteroatoms. The number of amides is 2. The third-order valence-corrected chi connectivity index (χ3v) is 6.99. The standard InChI is InChI=1S/C20H22N4O5S/c25-19(22-12-15-4-3-7-21-11-15)13-24-17-6-5-16(10-18(17)29-14-20(24)26)30(27,28)23-8-1-2-9-23/h3-7,10-11H,1-2,8-9,12-14H2,(H,22,25). The molecule has 2 amide bonds. The van der Waals surface area contributed by atoms with Crippen molar-refractivity contribution >= 4 is 27.5 Å². The average Bonchev–Trinajstić information content (AvgIpc) is 3.30. The minimum Gasteiger partial charge on any atom is -0.482 e. The van der Waals surface area contributed by atoms with E-state index in [1.807, 2.05) is 6.07 Å². The van der Waals surface area contributed by atoms with Crippen LogP contribution in [0.3, 0.4) is 0 Å². The molecule has 1 N–H and O–H groups in total. The van der Waals surface area contributed by atoms with Gasteiger partial charge < -0.3 is 10.1 Å². The van der Waals surface area contributed by atoms with Crippen LogP contribution in [0.5, 0.6) is 5.75 Å².